The lowest BCUT2D eigenvalue weighted by Crippen LogP contribution is -2.37. The first kappa shape index (κ1) is 13.6. The maximum atomic E-state index is 5.96. The van der Waals surface area contributed by atoms with E-state index in [1.165, 1.54) is 24.8 Å². The lowest BCUT2D eigenvalue weighted by molar-refractivity contribution is 0.207. The van der Waals surface area contributed by atoms with Crippen LogP contribution in [0.25, 0.3) is 0 Å². The number of halogens is 1. The Hall–Kier alpha value is -0.840. The highest BCUT2D eigenvalue weighted by Gasteiger charge is 2.20. The van der Waals surface area contributed by atoms with Gasteiger partial charge in [-0.25, -0.2) is 9.99 Å². The van der Waals surface area contributed by atoms with Crippen LogP contribution in [-0.2, 0) is 0 Å². The van der Waals surface area contributed by atoms with E-state index in [1.54, 1.807) is 7.11 Å². The maximum absolute atomic E-state index is 5.96. The summed E-state index contributed by atoms with van der Waals surface area (Å²) < 4.78 is 5.24. The Bertz CT molecular complexity index is 400. The summed E-state index contributed by atoms with van der Waals surface area (Å²) in [7, 11) is 3.60. The third kappa shape index (κ3) is 3.13. The van der Waals surface area contributed by atoms with Gasteiger partial charge in [-0.15, -0.1) is 0 Å². The quantitative estimate of drug-likeness (QED) is 0.856. The van der Waals surface area contributed by atoms with Gasteiger partial charge in [0.1, 0.15) is 0 Å². The molecule has 0 bridgehead atoms. The Labute approximate surface area is 113 Å². The van der Waals surface area contributed by atoms with E-state index in [9.17, 15) is 0 Å². The average molecular weight is 270 g/mol. The van der Waals surface area contributed by atoms with E-state index in [2.05, 4.69) is 15.4 Å². The monoisotopic (exact) mass is 269 g/mol. The zero-order valence-electron chi connectivity index (χ0n) is 10.9. The minimum atomic E-state index is 0.431. The van der Waals surface area contributed by atoms with Gasteiger partial charge in [0.2, 0.25) is 0 Å². The summed E-state index contributed by atoms with van der Waals surface area (Å²) in [5.74, 6) is 1.15. The zero-order chi connectivity index (χ0) is 13.0. The Balaban J connectivity index is 2.18. The first-order chi connectivity index (χ1) is 8.74. The van der Waals surface area contributed by atoms with Crippen molar-refractivity contribution in [3.05, 3.63) is 23.0 Å². The van der Waals surface area contributed by atoms with Crippen LogP contribution in [-0.4, -0.2) is 37.2 Å². The van der Waals surface area contributed by atoms with Gasteiger partial charge in [-0.1, -0.05) is 18.0 Å². The van der Waals surface area contributed by atoms with Gasteiger partial charge in [-0.2, -0.15) is 0 Å². The van der Waals surface area contributed by atoms with Crippen LogP contribution in [0.15, 0.2) is 12.3 Å². The summed E-state index contributed by atoms with van der Waals surface area (Å²) in [6, 6.07) is 2.01. The number of hydrogen-bond acceptors (Lipinski definition) is 4. The van der Waals surface area contributed by atoms with E-state index < -0.39 is 0 Å². The molecule has 1 atom stereocenters. The Morgan fingerprint density at radius 3 is 3.06 bits per heavy atom. The van der Waals surface area contributed by atoms with Crippen molar-refractivity contribution < 1.29 is 4.74 Å². The third-order valence-electron chi connectivity index (χ3n) is 3.51. The molecule has 1 saturated heterocycles. The molecular weight excluding hydrogens is 250 g/mol. The number of hydrogen-bond donors (Lipinski definition) is 1. The Morgan fingerprint density at radius 2 is 2.33 bits per heavy atom. The molecule has 2 heterocycles. The number of methoxy groups -OCH3 is 1. The van der Waals surface area contributed by atoms with Crippen molar-refractivity contribution in [3.63, 3.8) is 0 Å². The molecule has 0 amide bonds. The summed E-state index contributed by atoms with van der Waals surface area (Å²) in [5, 5.41) is 2.69. The molecule has 0 radical (unpaired) electrons. The lowest BCUT2D eigenvalue weighted by atomic mass is 9.96. The number of hydrazine groups is 1. The topological polar surface area (TPSA) is 37.4 Å². The molecular formula is C13H20ClN3O. The second-order valence-electron chi connectivity index (χ2n) is 4.62. The van der Waals surface area contributed by atoms with Gasteiger partial charge in [0.05, 0.1) is 7.11 Å². The molecule has 0 spiro atoms. The van der Waals surface area contributed by atoms with E-state index in [-0.39, 0.29) is 0 Å². The standard InChI is InChI=1S/C13H20ClN3O/c1-15-17-6-4-3-5-10(9-17)11-7-12(18-2)13(14)16-8-11/h7-8,10,15H,3-6,9H2,1-2H3/t10-/m0/s1. The summed E-state index contributed by atoms with van der Waals surface area (Å²) in [6.45, 7) is 2.11. The largest absolute Gasteiger partial charge is 0.494 e. The van der Waals surface area contributed by atoms with Crippen molar-refractivity contribution >= 4 is 11.6 Å². The normalized spacial score (nSPS) is 21.6. The van der Waals surface area contributed by atoms with Crippen molar-refractivity contribution in [2.24, 2.45) is 0 Å². The second-order valence-corrected chi connectivity index (χ2v) is 4.98. The van der Waals surface area contributed by atoms with Gasteiger partial charge in [0.15, 0.2) is 10.9 Å². The molecule has 1 aliphatic heterocycles. The maximum Gasteiger partial charge on any atom is 0.171 e. The van der Waals surface area contributed by atoms with E-state index in [0.29, 0.717) is 16.8 Å². The van der Waals surface area contributed by atoms with Crippen LogP contribution in [0.4, 0.5) is 0 Å². The fraction of sp³-hybridized carbons (Fsp3) is 0.615. The number of nitrogens with one attached hydrogen (secondary N) is 1. The van der Waals surface area contributed by atoms with Gasteiger partial charge >= 0.3 is 0 Å². The second kappa shape index (κ2) is 6.36. The summed E-state index contributed by atoms with van der Waals surface area (Å²) in [6.07, 6.45) is 5.53. The van der Waals surface area contributed by atoms with E-state index in [4.69, 9.17) is 16.3 Å². The smallest absolute Gasteiger partial charge is 0.171 e. The van der Waals surface area contributed by atoms with Crippen molar-refractivity contribution in [1.29, 1.82) is 0 Å². The number of rotatable bonds is 3. The molecule has 1 aromatic rings. The van der Waals surface area contributed by atoms with Crippen LogP contribution in [0.5, 0.6) is 5.75 Å². The minimum absolute atomic E-state index is 0.431. The zero-order valence-corrected chi connectivity index (χ0v) is 11.7. The minimum Gasteiger partial charge on any atom is -0.494 e. The molecule has 0 aromatic carbocycles. The SMILES string of the molecule is CNN1CCCC[C@H](c2cnc(Cl)c(OC)c2)C1. The molecule has 18 heavy (non-hydrogen) atoms. The highest BCUT2D eigenvalue weighted by molar-refractivity contribution is 6.30. The number of aromatic nitrogens is 1. The summed E-state index contributed by atoms with van der Waals surface area (Å²) in [5.41, 5.74) is 4.45. The Kier molecular flexibility index (Phi) is 4.80. The molecule has 5 heteroatoms. The number of pyridine rings is 1. The third-order valence-corrected chi connectivity index (χ3v) is 3.79. The molecule has 1 aliphatic rings. The van der Waals surface area contributed by atoms with Gasteiger partial charge in [-0.3, -0.25) is 5.43 Å². The van der Waals surface area contributed by atoms with Gasteiger partial charge in [0.25, 0.3) is 0 Å². The molecule has 0 saturated carbocycles. The van der Waals surface area contributed by atoms with Crippen molar-refractivity contribution in [3.8, 4) is 5.75 Å². The molecule has 4 nitrogen and oxygen atoms in total. The summed E-state index contributed by atoms with van der Waals surface area (Å²) in [4.78, 5) is 4.21. The van der Waals surface area contributed by atoms with E-state index in [0.717, 1.165) is 13.1 Å². The molecule has 2 rings (SSSR count). The fourth-order valence-electron chi connectivity index (χ4n) is 2.43. The molecule has 0 unspecified atom stereocenters. The van der Waals surface area contributed by atoms with E-state index in [1.807, 2.05) is 19.3 Å². The van der Waals surface area contributed by atoms with E-state index >= 15 is 0 Å². The predicted octanol–water partition coefficient (Wildman–Crippen LogP) is 2.45. The Morgan fingerprint density at radius 1 is 1.50 bits per heavy atom. The van der Waals surface area contributed by atoms with Crippen LogP contribution in [0, 0.1) is 0 Å². The van der Waals surface area contributed by atoms with Crippen LogP contribution in [0.3, 0.4) is 0 Å². The fourth-order valence-corrected chi connectivity index (χ4v) is 2.61. The van der Waals surface area contributed by atoms with Gasteiger partial charge in [-0.05, 0) is 37.4 Å². The van der Waals surface area contributed by atoms with Gasteiger partial charge in [0, 0.05) is 19.3 Å². The van der Waals surface area contributed by atoms with Crippen LogP contribution in [0.2, 0.25) is 5.15 Å². The van der Waals surface area contributed by atoms with Crippen molar-refractivity contribution in [1.82, 2.24) is 15.4 Å². The first-order valence-electron chi connectivity index (χ1n) is 6.36. The van der Waals surface area contributed by atoms with Crippen LogP contribution < -0.4 is 10.2 Å². The first-order valence-corrected chi connectivity index (χ1v) is 6.74. The molecule has 1 fully saturated rings. The number of nitrogens with zero attached hydrogens (tertiary/aromatic N) is 2. The molecule has 100 valence electrons. The number of ether oxygens (including phenoxy) is 1. The van der Waals surface area contributed by atoms with Crippen LogP contribution in [0.1, 0.15) is 30.7 Å². The molecule has 1 N–H and O–H groups in total. The lowest BCUT2D eigenvalue weighted by Gasteiger charge is -2.23. The van der Waals surface area contributed by atoms with Crippen molar-refractivity contribution in [2.75, 3.05) is 27.2 Å². The van der Waals surface area contributed by atoms with Crippen molar-refractivity contribution in [2.45, 2.75) is 25.2 Å². The molecule has 1 aromatic heterocycles. The average Bonchev–Trinajstić information content (AvgIpc) is 2.64. The van der Waals surface area contributed by atoms with Crippen LogP contribution >= 0.6 is 11.6 Å². The van der Waals surface area contributed by atoms with Gasteiger partial charge < -0.3 is 4.74 Å². The predicted molar refractivity (Wildman–Crippen MR) is 73.0 cm³/mol. The molecule has 0 aliphatic carbocycles. The summed E-state index contributed by atoms with van der Waals surface area (Å²) >= 11 is 5.96. The highest BCUT2D eigenvalue weighted by Crippen LogP contribution is 2.30. The highest BCUT2D eigenvalue weighted by atomic mass is 35.5.